The quantitative estimate of drug-likeness (QED) is 0.500. The Hall–Kier alpha value is -0.0800. The second kappa shape index (κ2) is 13.4. The SMILES string of the molecule is CCCCN(CCCC)CCCCC(C)NCC. The van der Waals surface area contributed by atoms with Crippen LogP contribution in [0.1, 0.15) is 72.6 Å². The third-order valence-corrected chi connectivity index (χ3v) is 3.57. The molecule has 1 N–H and O–H groups in total. The summed E-state index contributed by atoms with van der Waals surface area (Å²) in [5.41, 5.74) is 0. The maximum atomic E-state index is 3.49. The number of hydrogen-bond donors (Lipinski definition) is 1. The predicted molar refractivity (Wildman–Crippen MR) is 83.2 cm³/mol. The first kappa shape index (κ1) is 17.9. The van der Waals surface area contributed by atoms with Crippen molar-refractivity contribution in [3.8, 4) is 0 Å². The molecule has 18 heavy (non-hydrogen) atoms. The van der Waals surface area contributed by atoms with Crippen LogP contribution in [0.5, 0.6) is 0 Å². The average Bonchev–Trinajstić information content (AvgIpc) is 2.37. The van der Waals surface area contributed by atoms with Crippen molar-refractivity contribution in [3.63, 3.8) is 0 Å². The van der Waals surface area contributed by atoms with Crippen molar-refractivity contribution in [2.75, 3.05) is 26.2 Å². The molecule has 0 amide bonds. The Balaban J connectivity index is 3.60. The normalized spacial score (nSPS) is 13.2. The second-order valence-electron chi connectivity index (χ2n) is 5.50. The van der Waals surface area contributed by atoms with Crippen LogP contribution in [0.25, 0.3) is 0 Å². The zero-order valence-corrected chi connectivity index (χ0v) is 13.3. The molecule has 0 aromatic carbocycles. The summed E-state index contributed by atoms with van der Waals surface area (Å²) >= 11 is 0. The highest BCUT2D eigenvalue weighted by molar-refractivity contribution is 4.62. The molecule has 0 rings (SSSR count). The lowest BCUT2D eigenvalue weighted by molar-refractivity contribution is 0.257. The molecule has 0 aliphatic carbocycles. The summed E-state index contributed by atoms with van der Waals surface area (Å²) < 4.78 is 0. The van der Waals surface area contributed by atoms with Gasteiger partial charge in [-0.15, -0.1) is 0 Å². The van der Waals surface area contributed by atoms with E-state index in [4.69, 9.17) is 0 Å². The standard InChI is InChI=1S/C16H36N2/c1-5-8-13-18(14-9-6-2)15-11-10-12-16(4)17-7-3/h16-17H,5-15H2,1-4H3. The highest BCUT2D eigenvalue weighted by Gasteiger charge is 2.04. The largest absolute Gasteiger partial charge is 0.315 e. The van der Waals surface area contributed by atoms with Gasteiger partial charge in [-0.3, -0.25) is 0 Å². The fourth-order valence-electron chi connectivity index (χ4n) is 2.34. The molecule has 0 aliphatic rings. The lowest BCUT2D eigenvalue weighted by Gasteiger charge is -2.22. The zero-order chi connectivity index (χ0) is 13.6. The van der Waals surface area contributed by atoms with E-state index in [-0.39, 0.29) is 0 Å². The van der Waals surface area contributed by atoms with Crippen LogP contribution in [0.4, 0.5) is 0 Å². The van der Waals surface area contributed by atoms with E-state index in [9.17, 15) is 0 Å². The summed E-state index contributed by atoms with van der Waals surface area (Å²) in [6.07, 6.45) is 9.41. The molecule has 0 spiro atoms. The van der Waals surface area contributed by atoms with Crippen molar-refractivity contribution >= 4 is 0 Å². The van der Waals surface area contributed by atoms with Crippen molar-refractivity contribution in [2.24, 2.45) is 0 Å². The van der Waals surface area contributed by atoms with E-state index in [1.807, 2.05) is 0 Å². The maximum Gasteiger partial charge on any atom is 0.00386 e. The molecule has 1 atom stereocenters. The van der Waals surface area contributed by atoms with Gasteiger partial charge in [0, 0.05) is 6.04 Å². The molecule has 2 heteroatoms. The summed E-state index contributed by atoms with van der Waals surface area (Å²) in [6, 6.07) is 0.690. The minimum atomic E-state index is 0.690. The number of hydrogen-bond acceptors (Lipinski definition) is 2. The smallest absolute Gasteiger partial charge is 0.00386 e. The van der Waals surface area contributed by atoms with E-state index in [2.05, 4.69) is 37.9 Å². The highest BCUT2D eigenvalue weighted by atomic mass is 15.1. The van der Waals surface area contributed by atoms with Crippen molar-refractivity contribution in [1.29, 1.82) is 0 Å². The lowest BCUT2D eigenvalue weighted by atomic mass is 10.1. The van der Waals surface area contributed by atoms with Gasteiger partial charge in [0.15, 0.2) is 0 Å². The van der Waals surface area contributed by atoms with Gasteiger partial charge in [-0.1, -0.05) is 40.0 Å². The van der Waals surface area contributed by atoms with Crippen molar-refractivity contribution in [2.45, 2.75) is 78.7 Å². The van der Waals surface area contributed by atoms with Gasteiger partial charge in [-0.2, -0.15) is 0 Å². The molecule has 0 aromatic rings. The van der Waals surface area contributed by atoms with Crippen LogP contribution in [0.15, 0.2) is 0 Å². The fraction of sp³-hybridized carbons (Fsp3) is 1.00. The summed E-state index contributed by atoms with van der Waals surface area (Å²) in [5, 5.41) is 3.49. The molecule has 0 bridgehead atoms. The molecular formula is C16H36N2. The highest BCUT2D eigenvalue weighted by Crippen LogP contribution is 2.05. The second-order valence-corrected chi connectivity index (χ2v) is 5.50. The van der Waals surface area contributed by atoms with Gasteiger partial charge in [0.25, 0.3) is 0 Å². The first-order chi connectivity index (χ1) is 8.74. The summed E-state index contributed by atoms with van der Waals surface area (Å²) in [4.78, 5) is 2.67. The van der Waals surface area contributed by atoms with Crippen LogP contribution in [0.3, 0.4) is 0 Å². The Bertz CT molecular complexity index is 151. The van der Waals surface area contributed by atoms with Gasteiger partial charge in [0.05, 0.1) is 0 Å². The first-order valence-electron chi connectivity index (χ1n) is 8.20. The molecule has 1 unspecified atom stereocenters. The van der Waals surface area contributed by atoms with Gasteiger partial charge in [-0.25, -0.2) is 0 Å². The molecule has 0 fully saturated rings. The van der Waals surface area contributed by atoms with E-state index in [0.717, 1.165) is 6.54 Å². The zero-order valence-electron chi connectivity index (χ0n) is 13.3. The minimum absolute atomic E-state index is 0.690. The third-order valence-electron chi connectivity index (χ3n) is 3.57. The van der Waals surface area contributed by atoms with Crippen molar-refractivity contribution in [3.05, 3.63) is 0 Å². The van der Waals surface area contributed by atoms with Gasteiger partial charge in [-0.05, 0) is 58.8 Å². The molecule has 2 nitrogen and oxygen atoms in total. The minimum Gasteiger partial charge on any atom is -0.315 e. The Labute approximate surface area is 116 Å². The number of nitrogens with one attached hydrogen (secondary N) is 1. The molecule has 0 saturated heterocycles. The van der Waals surface area contributed by atoms with Crippen LogP contribution in [-0.4, -0.2) is 37.1 Å². The summed E-state index contributed by atoms with van der Waals surface area (Å²) in [6.45, 7) is 14.1. The molecule has 0 saturated carbocycles. The first-order valence-corrected chi connectivity index (χ1v) is 8.20. The van der Waals surface area contributed by atoms with E-state index >= 15 is 0 Å². The van der Waals surface area contributed by atoms with Crippen molar-refractivity contribution < 1.29 is 0 Å². The average molecular weight is 256 g/mol. The number of nitrogens with zero attached hydrogens (tertiary/aromatic N) is 1. The summed E-state index contributed by atoms with van der Waals surface area (Å²) in [5.74, 6) is 0. The molecule has 0 radical (unpaired) electrons. The van der Waals surface area contributed by atoms with E-state index in [1.54, 1.807) is 0 Å². The number of unbranched alkanes of at least 4 members (excludes halogenated alkanes) is 3. The molecule has 0 heterocycles. The Morgan fingerprint density at radius 2 is 1.39 bits per heavy atom. The monoisotopic (exact) mass is 256 g/mol. The Kier molecular flexibility index (Phi) is 13.3. The van der Waals surface area contributed by atoms with E-state index < -0.39 is 0 Å². The van der Waals surface area contributed by atoms with Crippen LogP contribution in [-0.2, 0) is 0 Å². The predicted octanol–water partition coefficient (Wildman–Crippen LogP) is 4.06. The van der Waals surface area contributed by atoms with Gasteiger partial charge in [0.2, 0.25) is 0 Å². The third kappa shape index (κ3) is 11.0. The number of rotatable bonds is 13. The Morgan fingerprint density at radius 3 is 1.89 bits per heavy atom. The van der Waals surface area contributed by atoms with Crippen molar-refractivity contribution in [1.82, 2.24) is 10.2 Å². The lowest BCUT2D eigenvalue weighted by Crippen LogP contribution is -2.28. The van der Waals surface area contributed by atoms with Crippen LogP contribution < -0.4 is 5.32 Å². The molecule has 0 aliphatic heterocycles. The fourth-order valence-corrected chi connectivity index (χ4v) is 2.34. The van der Waals surface area contributed by atoms with Crippen LogP contribution in [0.2, 0.25) is 0 Å². The summed E-state index contributed by atoms with van der Waals surface area (Å²) in [7, 11) is 0. The van der Waals surface area contributed by atoms with Gasteiger partial charge in [0.1, 0.15) is 0 Å². The van der Waals surface area contributed by atoms with Crippen LogP contribution in [0, 0.1) is 0 Å². The van der Waals surface area contributed by atoms with E-state index in [0.29, 0.717) is 6.04 Å². The van der Waals surface area contributed by atoms with E-state index in [1.165, 1.54) is 64.6 Å². The topological polar surface area (TPSA) is 15.3 Å². The molecule has 110 valence electrons. The Morgan fingerprint density at radius 1 is 0.833 bits per heavy atom. The van der Waals surface area contributed by atoms with Gasteiger partial charge < -0.3 is 10.2 Å². The van der Waals surface area contributed by atoms with Crippen LogP contribution >= 0.6 is 0 Å². The molecular weight excluding hydrogens is 220 g/mol. The van der Waals surface area contributed by atoms with Gasteiger partial charge >= 0.3 is 0 Å². The molecule has 0 aromatic heterocycles. The maximum absolute atomic E-state index is 3.49.